The molecule has 1 heterocycles. The lowest BCUT2D eigenvalue weighted by Crippen LogP contribution is -2.22. The van der Waals surface area contributed by atoms with Gasteiger partial charge >= 0.3 is 0 Å². The minimum atomic E-state index is -0.202. The van der Waals surface area contributed by atoms with Crippen LogP contribution < -0.4 is 5.73 Å². The maximum Gasteiger partial charge on any atom is 0.124 e. The largest absolute Gasteiger partial charge is 0.327 e. The molecule has 2 atom stereocenters. The Balaban J connectivity index is 2.25. The molecular weight excluding hydrogens is 265 g/mol. The van der Waals surface area contributed by atoms with Gasteiger partial charge in [0.15, 0.2) is 0 Å². The number of aryl methyl sites for hydroxylation is 1. The van der Waals surface area contributed by atoms with E-state index in [-0.39, 0.29) is 17.1 Å². The summed E-state index contributed by atoms with van der Waals surface area (Å²) in [6.07, 6.45) is 0. The van der Waals surface area contributed by atoms with Crippen LogP contribution in [0.25, 0.3) is 0 Å². The summed E-state index contributed by atoms with van der Waals surface area (Å²) in [5, 5.41) is 2.25. The van der Waals surface area contributed by atoms with Crippen LogP contribution in [-0.2, 0) is 0 Å². The van der Waals surface area contributed by atoms with Gasteiger partial charge < -0.3 is 5.73 Å². The van der Waals surface area contributed by atoms with Crippen molar-refractivity contribution >= 4 is 23.1 Å². The topological polar surface area (TPSA) is 26.0 Å². The highest BCUT2D eigenvalue weighted by Crippen LogP contribution is 2.40. The first-order valence-corrected chi connectivity index (χ1v) is 7.55. The number of rotatable bonds is 4. The van der Waals surface area contributed by atoms with Gasteiger partial charge in [-0.15, -0.1) is 23.1 Å². The fourth-order valence-electron chi connectivity index (χ4n) is 1.76. The zero-order valence-electron chi connectivity index (χ0n) is 10.4. The van der Waals surface area contributed by atoms with E-state index < -0.39 is 0 Å². The molecule has 4 heteroatoms. The number of hydrogen-bond acceptors (Lipinski definition) is 3. The molecule has 0 radical (unpaired) electrons. The molecule has 2 unspecified atom stereocenters. The van der Waals surface area contributed by atoms with Gasteiger partial charge in [-0.1, -0.05) is 6.07 Å². The minimum Gasteiger partial charge on any atom is -0.327 e. The van der Waals surface area contributed by atoms with E-state index in [0.717, 1.165) is 4.90 Å². The van der Waals surface area contributed by atoms with Gasteiger partial charge in [0.2, 0.25) is 0 Å². The predicted molar refractivity (Wildman–Crippen MR) is 77.7 cm³/mol. The van der Waals surface area contributed by atoms with Gasteiger partial charge in [-0.2, -0.15) is 0 Å². The van der Waals surface area contributed by atoms with Crippen molar-refractivity contribution in [3.63, 3.8) is 0 Å². The van der Waals surface area contributed by atoms with E-state index in [9.17, 15) is 4.39 Å². The van der Waals surface area contributed by atoms with Gasteiger partial charge in [0.05, 0.1) is 5.25 Å². The van der Waals surface area contributed by atoms with Crippen molar-refractivity contribution in [2.45, 2.75) is 30.0 Å². The molecule has 0 saturated carbocycles. The van der Waals surface area contributed by atoms with E-state index in [1.165, 1.54) is 16.5 Å². The number of thiophene rings is 1. The molecule has 1 nitrogen and oxygen atoms in total. The molecule has 0 aliphatic heterocycles. The first-order valence-electron chi connectivity index (χ1n) is 5.79. The lowest BCUT2D eigenvalue weighted by Gasteiger charge is -2.20. The summed E-state index contributed by atoms with van der Waals surface area (Å²) in [6.45, 7) is 4.09. The van der Waals surface area contributed by atoms with E-state index in [4.69, 9.17) is 5.73 Å². The van der Waals surface area contributed by atoms with Crippen LogP contribution in [0.1, 0.15) is 22.6 Å². The quantitative estimate of drug-likeness (QED) is 0.842. The zero-order valence-corrected chi connectivity index (χ0v) is 12.0. The van der Waals surface area contributed by atoms with Crippen molar-refractivity contribution in [3.8, 4) is 0 Å². The third-order valence-corrected chi connectivity index (χ3v) is 5.39. The molecular formula is C14H16FNS2. The molecule has 1 aromatic heterocycles. The summed E-state index contributed by atoms with van der Waals surface area (Å²) < 4.78 is 13.2. The van der Waals surface area contributed by atoms with Crippen LogP contribution in [-0.4, -0.2) is 6.04 Å². The van der Waals surface area contributed by atoms with Crippen LogP contribution in [0.15, 0.2) is 40.6 Å². The van der Waals surface area contributed by atoms with Crippen LogP contribution >= 0.6 is 23.1 Å². The zero-order chi connectivity index (χ0) is 13.1. The van der Waals surface area contributed by atoms with E-state index in [0.29, 0.717) is 0 Å². The van der Waals surface area contributed by atoms with Gasteiger partial charge in [0.25, 0.3) is 0 Å². The number of halogens is 1. The Kier molecular flexibility index (Phi) is 4.43. The first kappa shape index (κ1) is 13.6. The third kappa shape index (κ3) is 3.13. The number of benzene rings is 1. The highest BCUT2D eigenvalue weighted by Gasteiger charge is 2.20. The van der Waals surface area contributed by atoms with Crippen molar-refractivity contribution in [2.24, 2.45) is 5.73 Å². The Labute approximate surface area is 115 Å². The summed E-state index contributed by atoms with van der Waals surface area (Å²) in [4.78, 5) is 2.20. The van der Waals surface area contributed by atoms with Crippen molar-refractivity contribution in [1.82, 2.24) is 0 Å². The van der Waals surface area contributed by atoms with Crippen LogP contribution in [0.3, 0.4) is 0 Å². The summed E-state index contributed by atoms with van der Waals surface area (Å²) in [6, 6.07) is 8.80. The molecule has 0 spiro atoms. The molecule has 2 N–H and O–H groups in total. The summed E-state index contributed by atoms with van der Waals surface area (Å²) in [5.41, 5.74) is 7.33. The second-order valence-electron chi connectivity index (χ2n) is 4.32. The third-order valence-electron chi connectivity index (χ3n) is 2.70. The molecule has 0 aliphatic rings. The fourth-order valence-corrected chi connectivity index (χ4v) is 4.23. The van der Waals surface area contributed by atoms with Crippen LogP contribution in [0, 0.1) is 12.7 Å². The average Bonchev–Trinajstić information content (AvgIpc) is 2.72. The van der Waals surface area contributed by atoms with E-state index in [1.807, 2.05) is 13.0 Å². The SMILES string of the molecule is Cc1ccsc1C(Sc1cccc(F)c1)C(C)N. The Morgan fingerprint density at radius 1 is 1.33 bits per heavy atom. The molecule has 0 bridgehead atoms. The number of nitrogens with two attached hydrogens (primary N) is 1. The lowest BCUT2D eigenvalue weighted by atomic mass is 10.1. The van der Waals surface area contributed by atoms with Gasteiger partial charge in [0.1, 0.15) is 5.82 Å². The molecule has 0 fully saturated rings. The molecule has 1 aromatic carbocycles. The normalized spacial score (nSPS) is 14.4. The molecule has 0 saturated heterocycles. The van der Waals surface area contributed by atoms with E-state index >= 15 is 0 Å². The fraction of sp³-hybridized carbons (Fsp3) is 0.286. The maximum absolute atomic E-state index is 13.2. The Morgan fingerprint density at radius 3 is 2.67 bits per heavy atom. The molecule has 0 aliphatic carbocycles. The second kappa shape index (κ2) is 5.87. The first-order chi connectivity index (χ1) is 8.58. The van der Waals surface area contributed by atoms with Crippen LogP contribution in [0.5, 0.6) is 0 Å². The van der Waals surface area contributed by atoms with Crippen LogP contribution in [0.4, 0.5) is 4.39 Å². The summed E-state index contributed by atoms with van der Waals surface area (Å²) in [5.74, 6) is -0.202. The maximum atomic E-state index is 13.2. The number of thioether (sulfide) groups is 1. The average molecular weight is 281 g/mol. The monoisotopic (exact) mass is 281 g/mol. The van der Waals surface area contributed by atoms with Gasteiger partial charge in [0, 0.05) is 15.8 Å². The second-order valence-corrected chi connectivity index (χ2v) is 6.49. The highest BCUT2D eigenvalue weighted by molar-refractivity contribution is 7.99. The summed E-state index contributed by atoms with van der Waals surface area (Å²) >= 11 is 3.34. The molecule has 18 heavy (non-hydrogen) atoms. The van der Waals surface area contributed by atoms with Crippen molar-refractivity contribution < 1.29 is 4.39 Å². The Hall–Kier alpha value is -0.840. The highest BCUT2D eigenvalue weighted by atomic mass is 32.2. The van der Waals surface area contributed by atoms with Gasteiger partial charge in [-0.3, -0.25) is 0 Å². The standard InChI is InChI=1S/C14H16FNS2/c1-9-6-7-17-13(9)14(10(2)16)18-12-5-3-4-11(15)8-12/h3-8,10,14H,16H2,1-2H3. The predicted octanol–water partition coefficient (Wildman–Crippen LogP) is 4.38. The summed E-state index contributed by atoms with van der Waals surface area (Å²) in [7, 11) is 0. The van der Waals surface area contributed by atoms with E-state index in [2.05, 4.69) is 18.4 Å². The minimum absolute atomic E-state index is 0.0237. The Morgan fingerprint density at radius 2 is 2.11 bits per heavy atom. The number of hydrogen-bond donors (Lipinski definition) is 1. The van der Waals surface area contributed by atoms with Crippen molar-refractivity contribution in [3.05, 3.63) is 52.0 Å². The van der Waals surface area contributed by atoms with Crippen LogP contribution in [0.2, 0.25) is 0 Å². The van der Waals surface area contributed by atoms with Crippen molar-refractivity contribution in [2.75, 3.05) is 0 Å². The van der Waals surface area contributed by atoms with Gasteiger partial charge in [-0.25, -0.2) is 4.39 Å². The smallest absolute Gasteiger partial charge is 0.124 e. The lowest BCUT2D eigenvalue weighted by molar-refractivity contribution is 0.624. The molecule has 2 rings (SSSR count). The Bertz CT molecular complexity index is 522. The molecule has 2 aromatic rings. The molecule has 0 amide bonds. The van der Waals surface area contributed by atoms with E-state index in [1.54, 1.807) is 35.2 Å². The molecule has 96 valence electrons. The van der Waals surface area contributed by atoms with Crippen molar-refractivity contribution in [1.29, 1.82) is 0 Å². The van der Waals surface area contributed by atoms with Gasteiger partial charge in [-0.05, 0) is 49.1 Å².